The standard InChI is InChI=1S/C67H89N15O15S3/c1-38(83)58(67(97)79-52(28-43-17-9-6-10-18-43)64(94)80-54(33-98)66(96)81-56(35-100-37-73-40(3)85)60(90)71-32-57(88)75-55(59(69)89)34-99-36-72-39(2)84)82-61(91)49(21-13-14-26-68)76-65(95)53(30-45-31-70-48-20-12-11-19-47(45)48)78-63(93)51(29-44-22-24-46(87)25-23-44)77-62(92)50(74-41(4)86)27-42-15-7-5-8-16-42/h5-12,15-20,22-25,31,38,49-56,58,70,83,87,98H,13-14,21,26-30,32-37,68H2,1-4H3,(H2,69,89)(H,71,90)(H,72,84)(H,73,85)(H,74,86)(H,75,88)(H,76,95)(H,77,92)(H,78,93)(H,79,97)(H,80,94)(H,81,96)(H,82,91)/t38-,49+,50+,51+,52+,53-,54+,55+,56+,58+/m1/s1. The zero-order chi connectivity index (χ0) is 73.3. The number of aliphatic hydroxyl groups is 1. The molecule has 10 atom stereocenters. The van der Waals surface area contributed by atoms with Crippen molar-refractivity contribution in [1.29, 1.82) is 0 Å². The molecule has 13 amide bonds. The molecule has 33 heteroatoms. The molecule has 540 valence electrons. The summed E-state index contributed by atoms with van der Waals surface area (Å²) in [6.07, 6.45) is 0.00722. The number of H-pyrrole nitrogens is 1. The minimum Gasteiger partial charge on any atom is -0.508 e. The zero-order valence-electron chi connectivity index (χ0n) is 55.8. The Bertz CT molecular complexity index is 3590. The SMILES string of the molecule is CC(=O)NCSC[C@H](NC(=O)CNC(=O)[C@H](CSCNC(C)=O)NC(=O)[C@H](CS)NC(=O)[C@H](Cc1ccccc1)NC(=O)[C@@H](NC(=O)[C@H](CCCCN)NC(=O)[C@@H](Cc1c[nH]c2ccccc12)NC(=O)[C@H](Cc1ccc(O)cc1)NC(=O)[C@H](Cc1ccccc1)NC(C)=O)[C@@H](C)O)C(N)=O. The molecule has 5 rings (SSSR count). The van der Waals surface area contributed by atoms with E-state index in [-0.39, 0.29) is 91.6 Å². The van der Waals surface area contributed by atoms with Crippen LogP contribution in [-0.2, 0) is 88.0 Å². The van der Waals surface area contributed by atoms with Gasteiger partial charge in [-0.3, -0.25) is 62.3 Å². The number of carbonyl (C=O) groups excluding carboxylic acids is 13. The summed E-state index contributed by atoms with van der Waals surface area (Å²) in [5, 5.41) is 53.1. The highest BCUT2D eigenvalue weighted by Crippen LogP contribution is 2.21. The van der Waals surface area contributed by atoms with Gasteiger partial charge in [0.15, 0.2) is 0 Å². The fourth-order valence-electron chi connectivity index (χ4n) is 9.98. The van der Waals surface area contributed by atoms with Crippen molar-refractivity contribution in [2.24, 2.45) is 11.5 Å². The quantitative estimate of drug-likeness (QED) is 0.0117. The average molecular weight is 1440 g/mol. The van der Waals surface area contributed by atoms with E-state index in [9.17, 15) is 67.7 Å². The normalized spacial score (nSPS) is 14.0. The maximum atomic E-state index is 15.0. The number of phenolic OH excluding ortho intramolecular Hbond substituents is 1. The first kappa shape index (κ1) is 81.0. The molecule has 0 bridgehead atoms. The summed E-state index contributed by atoms with van der Waals surface area (Å²) in [7, 11) is 0. The number of aromatic amines is 1. The van der Waals surface area contributed by atoms with Gasteiger partial charge in [0.05, 0.1) is 24.4 Å². The third-order valence-corrected chi connectivity index (χ3v) is 17.4. The van der Waals surface area contributed by atoms with Crippen molar-refractivity contribution in [3.05, 3.63) is 138 Å². The van der Waals surface area contributed by atoms with Crippen molar-refractivity contribution in [3.63, 3.8) is 0 Å². The maximum absolute atomic E-state index is 15.0. The number of aromatic hydroxyl groups is 1. The number of nitrogens with two attached hydrogens (primary N) is 2. The van der Waals surface area contributed by atoms with E-state index < -0.39 is 132 Å². The number of hydrogen-bond acceptors (Lipinski definition) is 19. The summed E-state index contributed by atoms with van der Waals surface area (Å²) >= 11 is 6.43. The Morgan fingerprint density at radius 3 is 1.44 bits per heavy atom. The van der Waals surface area contributed by atoms with Gasteiger partial charge in [-0.25, -0.2) is 0 Å². The Balaban J connectivity index is 1.38. The van der Waals surface area contributed by atoms with Crippen LogP contribution in [0.2, 0.25) is 0 Å². The van der Waals surface area contributed by atoms with Crippen molar-refractivity contribution < 1.29 is 72.5 Å². The second-order valence-corrected chi connectivity index (χ2v) is 25.8. The van der Waals surface area contributed by atoms with Crippen molar-refractivity contribution >= 4 is 124 Å². The fourth-order valence-corrected chi connectivity index (χ4v) is 12.0. The van der Waals surface area contributed by atoms with Crippen LogP contribution in [0.3, 0.4) is 0 Å². The molecule has 0 saturated heterocycles. The maximum Gasteiger partial charge on any atom is 0.245 e. The number of thiol groups is 1. The number of hydrogen-bond donors (Lipinski definition) is 18. The molecule has 5 aromatic rings. The van der Waals surface area contributed by atoms with E-state index >= 15 is 4.79 Å². The average Bonchev–Trinajstić information content (AvgIpc) is 1.61. The highest BCUT2D eigenvalue weighted by Gasteiger charge is 2.37. The van der Waals surface area contributed by atoms with Crippen molar-refractivity contribution in [2.75, 3.05) is 42.1 Å². The first-order valence-corrected chi connectivity index (χ1v) is 35.0. The summed E-state index contributed by atoms with van der Waals surface area (Å²) in [6, 6.07) is 17.3. The first-order valence-electron chi connectivity index (χ1n) is 32.1. The lowest BCUT2D eigenvalue weighted by Crippen LogP contribution is -2.62. The monoisotopic (exact) mass is 1440 g/mol. The van der Waals surface area contributed by atoms with Crippen LogP contribution in [0.15, 0.2) is 115 Å². The van der Waals surface area contributed by atoms with Gasteiger partial charge in [-0.1, -0.05) is 91.0 Å². The number of phenols is 1. The minimum absolute atomic E-state index is 0.000964. The number of unbranched alkanes of at least 4 members (excludes halogenated alkanes) is 1. The molecular weight excluding hydrogens is 1350 g/mol. The van der Waals surface area contributed by atoms with E-state index in [4.69, 9.17) is 11.5 Å². The molecule has 100 heavy (non-hydrogen) atoms. The van der Waals surface area contributed by atoms with Gasteiger partial charge < -0.3 is 90.5 Å². The third kappa shape index (κ3) is 28.3. The lowest BCUT2D eigenvalue weighted by atomic mass is 10.00. The minimum atomic E-state index is -1.82. The number of nitrogens with one attached hydrogen (secondary N) is 13. The molecule has 1 heterocycles. The van der Waals surface area contributed by atoms with Crippen LogP contribution in [0, 0.1) is 0 Å². The van der Waals surface area contributed by atoms with Gasteiger partial charge in [0.2, 0.25) is 76.8 Å². The number of amides is 13. The van der Waals surface area contributed by atoms with Gasteiger partial charge in [-0.2, -0.15) is 12.6 Å². The summed E-state index contributed by atoms with van der Waals surface area (Å²) < 4.78 is 0. The summed E-state index contributed by atoms with van der Waals surface area (Å²) in [4.78, 5) is 179. The van der Waals surface area contributed by atoms with Crippen LogP contribution in [0.4, 0.5) is 0 Å². The molecular formula is C67H89N15O15S3. The van der Waals surface area contributed by atoms with Gasteiger partial charge in [0.25, 0.3) is 0 Å². The number of aromatic nitrogens is 1. The smallest absolute Gasteiger partial charge is 0.245 e. The van der Waals surface area contributed by atoms with Gasteiger partial charge in [0, 0.05) is 80.8 Å². The Kier molecular flexibility index (Phi) is 34.3. The Morgan fingerprint density at radius 1 is 0.480 bits per heavy atom. The number of benzene rings is 4. The lowest BCUT2D eigenvalue weighted by molar-refractivity contribution is -0.137. The second-order valence-electron chi connectivity index (χ2n) is 23.4. The second kappa shape index (κ2) is 42.3. The van der Waals surface area contributed by atoms with E-state index in [0.717, 1.165) is 23.5 Å². The van der Waals surface area contributed by atoms with Gasteiger partial charge in [-0.05, 0) is 73.2 Å². The topological polar surface area (TPSA) is 475 Å². The van der Waals surface area contributed by atoms with E-state index in [0.29, 0.717) is 39.6 Å². The fraction of sp³-hybridized carbons (Fsp3) is 0.418. The molecule has 30 nitrogen and oxygen atoms in total. The molecule has 0 aliphatic rings. The number of primary amides is 1. The van der Waals surface area contributed by atoms with Crippen LogP contribution in [-0.4, -0.2) is 195 Å². The number of para-hydroxylation sites is 1. The van der Waals surface area contributed by atoms with Crippen LogP contribution >= 0.6 is 36.2 Å². The Hall–Kier alpha value is -9.70. The summed E-state index contributed by atoms with van der Waals surface area (Å²) in [5.74, 6) is -10.8. The highest BCUT2D eigenvalue weighted by atomic mass is 32.2. The molecule has 0 unspecified atom stereocenters. The highest BCUT2D eigenvalue weighted by molar-refractivity contribution is 7.99. The summed E-state index contributed by atoms with van der Waals surface area (Å²) in [6.45, 7) is 4.51. The Labute approximate surface area is 592 Å². The molecule has 0 fully saturated rings. The van der Waals surface area contributed by atoms with Crippen LogP contribution in [0.1, 0.15) is 69.2 Å². The zero-order valence-corrected chi connectivity index (χ0v) is 58.3. The van der Waals surface area contributed by atoms with Crippen LogP contribution in [0.25, 0.3) is 10.9 Å². The van der Waals surface area contributed by atoms with Gasteiger partial charge in [0.1, 0.15) is 60.1 Å². The summed E-state index contributed by atoms with van der Waals surface area (Å²) in [5.41, 5.74) is 14.3. The largest absolute Gasteiger partial charge is 0.508 e. The predicted molar refractivity (Wildman–Crippen MR) is 380 cm³/mol. The number of aliphatic hydroxyl groups excluding tert-OH is 1. The number of carbonyl (C=O) groups is 13. The molecule has 4 aromatic carbocycles. The molecule has 0 saturated carbocycles. The van der Waals surface area contributed by atoms with E-state index in [1.54, 1.807) is 103 Å². The van der Waals surface area contributed by atoms with E-state index in [2.05, 4.69) is 81.4 Å². The van der Waals surface area contributed by atoms with Gasteiger partial charge in [-0.15, -0.1) is 23.5 Å². The van der Waals surface area contributed by atoms with Crippen LogP contribution in [0.5, 0.6) is 5.75 Å². The van der Waals surface area contributed by atoms with Crippen LogP contribution < -0.4 is 75.3 Å². The first-order chi connectivity index (χ1) is 47.7. The number of rotatable bonds is 42. The van der Waals surface area contributed by atoms with E-state index in [1.165, 1.54) is 39.8 Å². The predicted octanol–water partition coefficient (Wildman–Crippen LogP) is -1.78. The molecule has 0 spiro atoms. The third-order valence-electron chi connectivity index (χ3n) is 15.2. The lowest BCUT2D eigenvalue weighted by Gasteiger charge is -2.29. The molecule has 0 aliphatic carbocycles. The number of thioether (sulfide) groups is 2. The molecule has 19 N–H and O–H groups in total. The van der Waals surface area contributed by atoms with Crippen molar-refractivity contribution in [3.8, 4) is 5.75 Å². The molecule has 1 aromatic heterocycles. The van der Waals surface area contributed by atoms with Crippen molar-refractivity contribution in [2.45, 2.75) is 133 Å². The Morgan fingerprint density at radius 2 is 0.930 bits per heavy atom. The van der Waals surface area contributed by atoms with Gasteiger partial charge >= 0.3 is 0 Å². The number of fused-ring (bicyclic) bond motifs is 1. The molecule has 0 aliphatic heterocycles. The van der Waals surface area contributed by atoms with E-state index in [1.807, 2.05) is 0 Å². The van der Waals surface area contributed by atoms with Crippen molar-refractivity contribution in [1.82, 2.24) is 68.8 Å². The molecule has 0 radical (unpaired) electrons.